The largest absolute Gasteiger partial charge is 0.340 e. The Kier molecular flexibility index (Phi) is 4.00. The second-order valence-electron chi connectivity index (χ2n) is 4.55. The standard InChI is InChI=1S/C12H16Cl2N2O/c1-16(8-5-3-2-4-6-8)12(17)10-7-9(13)11(14)15-10/h7-8,15H,2-6H2,1H3. The van der Waals surface area contributed by atoms with Crippen molar-refractivity contribution in [3.63, 3.8) is 0 Å². The summed E-state index contributed by atoms with van der Waals surface area (Å²) in [4.78, 5) is 16.8. The molecule has 1 aliphatic rings. The van der Waals surface area contributed by atoms with E-state index in [4.69, 9.17) is 23.2 Å². The van der Waals surface area contributed by atoms with Crippen LogP contribution in [0.1, 0.15) is 42.6 Å². The Morgan fingerprint density at radius 2 is 2.00 bits per heavy atom. The number of hydrogen-bond donors (Lipinski definition) is 1. The summed E-state index contributed by atoms with van der Waals surface area (Å²) in [6.45, 7) is 0. The van der Waals surface area contributed by atoms with Gasteiger partial charge in [-0.15, -0.1) is 0 Å². The number of rotatable bonds is 2. The number of carbonyl (C=O) groups excluding carboxylic acids is 1. The highest BCUT2D eigenvalue weighted by atomic mass is 35.5. The molecule has 1 fully saturated rings. The Balaban J connectivity index is 2.08. The molecule has 0 saturated heterocycles. The highest BCUT2D eigenvalue weighted by molar-refractivity contribution is 6.41. The molecule has 17 heavy (non-hydrogen) atoms. The summed E-state index contributed by atoms with van der Waals surface area (Å²) >= 11 is 11.6. The lowest BCUT2D eigenvalue weighted by atomic mass is 9.94. The number of nitrogens with zero attached hydrogens (tertiary/aromatic N) is 1. The van der Waals surface area contributed by atoms with Crippen LogP contribution in [-0.2, 0) is 0 Å². The summed E-state index contributed by atoms with van der Waals surface area (Å²) in [7, 11) is 1.85. The van der Waals surface area contributed by atoms with Gasteiger partial charge < -0.3 is 9.88 Å². The van der Waals surface area contributed by atoms with Gasteiger partial charge in [0.05, 0.1) is 5.02 Å². The van der Waals surface area contributed by atoms with Gasteiger partial charge in [0, 0.05) is 13.1 Å². The zero-order valence-electron chi connectivity index (χ0n) is 9.80. The van der Waals surface area contributed by atoms with Crippen LogP contribution in [0, 0.1) is 0 Å². The first-order valence-electron chi connectivity index (χ1n) is 5.90. The van der Waals surface area contributed by atoms with Gasteiger partial charge in [-0.2, -0.15) is 0 Å². The minimum atomic E-state index is -0.0364. The van der Waals surface area contributed by atoms with Crippen LogP contribution in [0.5, 0.6) is 0 Å². The maximum absolute atomic E-state index is 12.2. The lowest BCUT2D eigenvalue weighted by Crippen LogP contribution is -2.38. The van der Waals surface area contributed by atoms with Gasteiger partial charge in [0.2, 0.25) is 0 Å². The molecule has 0 aliphatic heterocycles. The van der Waals surface area contributed by atoms with E-state index < -0.39 is 0 Å². The van der Waals surface area contributed by atoms with E-state index >= 15 is 0 Å². The molecule has 1 heterocycles. The van der Waals surface area contributed by atoms with Gasteiger partial charge in [-0.25, -0.2) is 0 Å². The van der Waals surface area contributed by atoms with E-state index in [0.29, 0.717) is 21.9 Å². The van der Waals surface area contributed by atoms with Crippen molar-refractivity contribution in [3.8, 4) is 0 Å². The third kappa shape index (κ3) is 2.78. The second-order valence-corrected chi connectivity index (χ2v) is 5.34. The van der Waals surface area contributed by atoms with Crippen LogP contribution in [0.3, 0.4) is 0 Å². The Morgan fingerprint density at radius 1 is 1.35 bits per heavy atom. The van der Waals surface area contributed by atoms with Crippen molar-refractivity contribution in [1.82, 2.24) is 9.88 Å². The summed E-state index contributed by atoms with van der Waals surface area (Å²) in [6, 6.07) is 1.93. The molecule has 1 saturated carbocycles. The molecule has 1 aliphatic carbocycles. The first-order chi connectivity index (χ1) is 8.09. The Hall–Kier alpha value is -0.670. The molecule has 2 rings (SSSR count). The van der Waals surface area contributed by atoms with Crippen molar-refractivity contribution in [2.45, 2.75) is 38.1 Å². The molecule has 1 aromatic rings. The fourth-order valence-corrected chi connectivity index (χ4v) is 2.66. The van der Waals surface area contributed by atoms with Crippen LogP contribution in [0.2, 0.25) is 10.2 Å². The van der Waals surface area contributed by atoms with E-state index in [1.165, 1.54) is 19.3 Å². The molecular formula is C12H16Cl2N2O. The molecule has 0 aromatic carbocycles. The average molecular weight is 275 g/mol. The van der Waals surface area contributed by atoms with Gasteiger partial charge >= 0.3 is 0 Å². The molecule has 0 unspecified atom stereocenters. The van der Waals surface area contributed by atoms with E-state index in [-0.39, 0.29) is 5.91 Å². The molecule has 0 bridgehead atoms. The van der Waals surface area contributed by atoms with Crippen molar-refractivity contribution < 1.29 is 4.79 Å². The van der Waals surface area contributed by atoms with Crippen LogP contribution < -0.4 is 0 Å². The second kappa shape index (κ2) is 5.32. The number of hydrogen-bond acceptors (Lipinski definition) is 1. The van der Waals surface area contributed by atoms with Crippen molar-refractivity contribution in [1.29, 1.82) is 0 Å². The van der Waals surface area contributed by atoms with Crippen molar-refractivity contribution in [3.05, 3.63) is 21.9 Å². The molecule has 1 amide bonds. The number of amides is 1. The number of H-pyrrole nitrogens is 1. The van der Waals surface area contributed by atoms with Gasteiger partial charge in [-0.1, -0.05) is 42.5 Å². The molecule has 0 radical (unpaired) electrons. The van der Waals surface area contributed by atoms with Gasteiger partial charge in [0.15, 0.2) is 0 Å². The minimum Gasteiger partial charge on any atom is -0.340 e. The predicted octanol–water partition coefficient (Wildman–Crippen LogP) is 3.73. The van der Waals surface area contributed by atoms with Gasteiger partial charge in [-0.05, 0) is 18.9 Å². The smallest absolute Gasteiger partial charge is 0.270 e. The maximum atomic E-state index is 12.2. The third-order valence-electron chi connectivity index (χ3n) is 3.40. The van der Waals surface area contributed by atoms with Crippen LogP contribution >= 0.6 is 23.2 Å². The van der Waals surface area contributed by atoms with Crippen LogP contribution in [0.25, 0.3) is 0 Å². The van der Waals surface area contributed by atoms with Crippen molar-refractivity contribution in [2.24, 2.45) is 0 Å². The molecular weight excluding hydrogens is 259 g/mol. The quantitative estimate of drug-likeness (QED) is 0.877. The van der Waals surface area contributed by atoms with Gasteiger partial charge in [0.1, 0.15) is 10.8 Å². The molecule has 0 spiro atoms. The number of aromatic amines is 1. The summed E-state index contributed by atoms with van der Waals surface area (Å²) in [5.41, 5.74) is 0.466. The van der Waals surface area contributed by atoms with E-state index in [1.54, 1.807) is 11.0 Å². The Bertz CT molecular complexity index is 391. The van der Waals surface area contributed by atoms with E-state index in [9.17, 15) is 4.79 Å². The highest BCUT2D eigenvalue weighted by Crippen LogP contribution is 2.25. The molecule has 94 valence electrons. The monoisotopic (exact) mass is 274 g/mol. The average Bonchev–Trinajstić information content (AvgIpc) is 2.69. The molecule has 5 heteroatoms. The normalized spacial score (nSPS) is 17.1. The molecule has 0 atom stereocenters. The van der Waals surface area contributed by atoms with Gasteiger partial charge in [-0.3, -0.25) is 4.79 Å². The number of halogens is 2. The lowest BCUT2D eigenvalue weighted by Gasteiger charge is -2.30. The third-order valence-corrected chi connectivity index (χ3v) is 4.09. The molecule has 1 N–H and O–H groups in total. The Labute approximate surface area is 111 Å². The summed E-state index contributed by atoms with van der Waals surface area (Å²) in [6.07, 6.45) is 5.86. The van der Waals surface area contributed by atoms with Gasteiger partial charge in [0.25, 0.3) is 5.91 Å². The summed E-state index contributed by atoms with van der Waals surface area (Å²) in [5, 5.41) is 0.721. The molecule has 3 nitrogen and oxygen atoms in total. The summed E-state index contributed by atoms with van der Waals surface area (Å²) < 4.78 is 0. The first-order valence-corrected chi connectivity index (χ1v) is 6.66. The number of carbonyl (C=O) groups is 1. The van der Waals surface area contributed by atoms with Crippen molar-refractivity contribution >= 4 is 29.1 Å². The summed E-state index contributed by atoms with van der Waals surface area (Å²) in [5.74, 6) is -0.0364. The Morgan fingerprint density at radius 3 is 2.53 bits per heavy atom. The van der Waals surface area contributed by atoms with Crippen LogP contribution in [0.4, 0.5) is 0 Å². The van der Waals surface area contributed by atoms with Crippen molar-refractivity contribution in [2.75, 3.05) is 7.05 Å². The first kappa shape index (κ1) is 12.8. The molecule has 1 aromatic heterocycles. The van der Waals surface area contributed by atoms with E-state index in [0.717, 1.165) is 12.8 Å². The minimum absolute atomic E-state index is 0.0364. The lowest BCUT2D eigenvalue weighted by molar-refractivity contribution is 0.0691. The van der Waals surface area contributed by atoms with E-state index in [2.05, 4.69) is 4.98 Å². The zero-order chi connectivity index (χ0) is 12.4. The highest BCUT2D eigenvalue weighted by Gasteiger charge is 2.24. The number of aromatic nitrogens is 1. The van der Waals surface area contributed by atoms with E-state index in [1.807, 2.05) is 7.05 Å². The predicted molar refractivity (Wildman–Crippen MR) is 69.8 cm³/mol. The number of nitrogens with one attached hydrogen (secondary N) is 1. The fourth-order valence-electron chi connectivity index (χ4n) is 2.34. The van der Waals surface area contributed by atoms with Crippen LogP contribution in [0.15, 0.2) is 6.07 Å². The topological polar surface area (TPSA) is 36.1 Å². The van der Waals surface area contributed by atoms with Crippen LogP contribution in [-0.4, -0.2) is 28.9 Å². The SMILES string of the molecule is CN(C(=O)c1cc(Cl)c(Cl)[nH]1)C1CCCCC1. The zero-order valence-corrected chi connectivity index (χ0v) is 11.3. The fraction of sp³-hybridized carbons (Fsp3) is 0.583. The maximum Gasteiger partial charge on any atom is 0.270 e.